The third-order valence-electron chi connectivity index (χ3n) is 5.48. The first-order valence-corrected chi connectivity index (χ1v) is 9.25. The fraction of sp³-hybridized carbons (Fsp3) is 0.364. The zero-order valence-electron chi connectivity index (χ0n) is 15.0. The standard InChI is InChI=1S/C22H26N2O2/c23-20(25)14-16-4-8-18(9-5-16)22(12-2-1-3-13-22)19-10-6-17(7-11-19)15-21(24)26/h4-11H,1-3,12-15H2,(H2,23,25)(H2,24,26). The zero-order chi connectivity index (χ0) is 18.6. The summed E-state index contributed by atoms with van der Waals surface area (Å²) in [7, 11) is 0. The summed E-state index contributed by atoms with van der Waals surface area (Å²) in [5.41, 5.74) is 15.1. The summed E-state index contributed by atoms with van der Waals surface area (Å²) in [5, 5.41) is 0. The van der Waals surface area contributed by atoms with Gasteiger partial charge in [0.1, 0.15) is 0 Å². The van der Waals surface area contributed by atoms with E-state index in [4.69, 9.17) is 11.5 Å². The van der Waals surface area contributed by atoms with Gasteiger partial charge in [-0.2, -0.15) is 0 Å². The van der Waals surface area contributed by atoms with E-state index in [0.717, 1.165) is 24.0 Å². The molecular weight excluding hydrogens is 324 g/mol. The molecule has 3 rings (SSSR count). The van der Waals surface area contributed by atoms with Crippen LogP contribution in [0.1, 0.15) is 54.4 Å². The molecule has 0 aliphatic heterocycles. The molecule has 1 fully saturated rings. The van der Waals surface area contributed by atoms with Gasteiger partial charge in [0.15, 0.2) is 0 Å². The van der Waals surface area contributed by atoms with Crippen molar-refractivity contribution in [3.8, 4) is 0 Å². The molecule has 26 heavy (non-hydrogen) atoms. The summed E-state index contributed by atoms with van der Waals surface area (Å²) in [4.78, 5) is 22.3. The van der Waals surface area contributed by atoms with Crippen LogP contribution in [0.3, 0.4) is 0 Å². The number of nitrogens with two attached hydrogens (primary N) is 2. The summed E-state index contributed by atoms with van der Waals surface area (Å²) < 4.78 is 0. The Morgan fingerprint density at radius 3 is 1.42 bits per heavy atom. The Morgan fingerprint density at radius 2 is 1.08 bits per heavy atom. The topological polar surface area (TPSA) is 86.2 Å². The van der Waals surface area contributed by atoms with Crippen LogP contribution in [0.15, 0.2) is 48.5 Å². The van der Waals surface area contributed by atoms with Gasteiger partial charge in [-0.3, -0.25) is 9.59 Å². The van der Waals surface area contributed by atoms with Crippen LogP contribution < -0.4 is 11.5 Å². The van der Waals surface area contributed by atoms with Gasteiger partial charge in [-0.25, -0.2) is 0 Å². The van der Waals surface area contributed by atoms with Crippen LogP contribution in [0.4, 0.5) is 0 Å². The zero-order valence-corrected chi connectivity index (χ0v) is 15.0. The quantitative estimate of drug-likeness (QED) is 0.839. The molecular formula is C22H26N2O2. The lowest BCUT2D eigenvalue weighted by Gasteiger charge is -2.39. The molecule has 0 aromatic heterocycles. The van der Waals surface area contributed by atoms with E-state index >= 15 is 0 Å². The average molecular weight is 350 g/mol. The van der Waals surface area contributed by atoms with Crippen molar-refractivity contribution in [3.05, 3.63) is 70.8 Å². The lowest BCUT2D eigenvalue weighted by molar-refractivity contribution is -0.118. The number of amides is 2. The van der Waals surface area contributed by atoms with Crippen LogP contribution in [0.25, 0.3) is 0 Å². The van der Waals surface area contributed by atoms with E-state index in [1.54, 1.807) is 0 Å². The van der Waals surface area contributed by atoms with Gasteiger partial charge in [0, 0.05) is 5.41 Å². The van der Waals surface area contributed by atoms with Crippen molar-refractivity contribution in [2.45, 2.75) is 50.4 Å². The van der Waals surface area contributed by atoms with E-state index in [9.17, 15) is 9.59 Å². The van der Waals surface area contributed by atoms with Gasteiger partial charge in [0.25, 0.3) is 0 Å². The lowest BCUT2D eigenvalue weighted by Crippen LogP contribution is -2.30. The molecule has 136 valence electrons. The molecule has 0 atom stereocenters. The summed E-state index contributed by atoms with van der Waals surface area (Å²) in [6.45, 7) is 0. The predicted octanol–water partition coefficient (Wildman–Crippen LogP) is 2.99. The van der Waals surface area contributed by atoms with Crippen molar-refractivity contribution >= 4 is 11.8 Å². The molecule has 0 unspecified atom stereocenters. The predicted molar refractivity (Wildman–Crippen MR) is 103 cm³/mol. The van der Waals surface area contributed by atoms with Crippen LogP contribution >= 0.6 is 0 Å². The highest BCUT2D eigenvalue weighted by molar-refractivity contribution is 5.77. The molecule has 4 heteroatoms. The highest BCUT2D eigenvalue weighted by atomic mass is 16.1. The van der Waals surface area contributed by atoms with Gasteiger partial charge in [0.2, 0.25) is 11.8 Å². The Kier molecular flexibility index (Phi) is 5.40. The minimum absolute atomic E-state index is 0.00520. The smallest absolute Gasteiger partial charge is 0.221 e. The fourth-order valence-corrected chi connectivity index (χ4v) is 4.18. The fourth-order valence-electron chi connectivity index (χ4n) is 4.18. The Hall–Kier alpha value is -2.62. The van der Waals surface area contributed by atoms with Crippen LogP contribution in [0, 0.1) is 0 Å². The summed E-state index contributed by atoms with van der Waals surface area (Å²) >= 11 is 0. The molecule has 4 nitrogen and oxygen atoms in total. The van der Waals surface area contributed by atoms with Gasteiger partial charge < -0.3 is 11.5 Å². The molecule has 2 amide bonds. The van der Waals surface area contributed by atoms with Gasteiger partial charge in [0.05, 0.1) is 12.8 Å². The van der Waals surface area contributed by atoms with Crippen LogP contribution in [-0.4, -0.2) is 11.8 Å². The Balaban J connectivity index is 1.93. The third kappa shape index (κ3) is 3.96. The van der Waals surface area contributed by atoms with Gasteiger partial charge >= 0.3 is 0 Å². The van der Waals surface area contributed by atoms with Crippen molar-refractivity contribution in [2.75, 3.05) is 0 Å². The molecule has 4 N–H and O–H groups in total. The minimum atomic E-state index is -0.310. The number of primary amides is 2. The first-order valence-electron chi connectivity index (χ1n) is 9.25. The summed E-state index contributed by atoms with van der Waals surface area (Å²) in [6, 6.07) is 16.6. The van der Waals surface area contributed by atoms with Crippen molar-refractivity contribution in [2.24, 2.45) is 11.5 Å². The van der Waals surface area contributed by atoms with E-state index in [1.807, 2.05) is 24.3 Å². The number of carbonyl (C=O) groups is 2. The van der Waals surface area contributed by atoms with Crippen molar-refractivity contribution in [3.63, 3.8) is 0 Å². The van der Waals surface area contributed by atoms with Crippen molar-refractivity contribution in [1.82, 2.24) is 0 Å². The molecule has 0 saturated heterocycles. The molecule has 0 heterocycles. The van der Waals surface area contributed by atoms with Crippen molar-refractivity contribution < 1.29 is 9.59 Å². The summed E-state index contributed by atoms with van der Waals surface area (Å²) in [6.07, 6.45) is 6.43. The number of benzene rings is 2. The Morgan fingerprint density at radius 1 is 0.692 bits per heavy atom. The number of hydrogen-bond acceptors (Lipinski definition) is 2. The molecule has 2 aromatic carbocycles. The van der Waals surface area contributed by atoms with E-state index in [-0.39, 0.29) is 30.1 Å². The highest BCUT2D eigenvalue weighted by Crippen LogP contribution is 2.45. The number of rotatable bonds is 6. The largest absolute Gasteiger partial charge is 0.369 e. The van der Waals surface area contributed by atoms with Gasteiger partial charge in [-0.05, 0) is 35.1 Å². The normalized spacial score (nSPS) is 16.2. The Labute approximate surface area is 154 Å². The number of carbonyl (C=O) groups excluding carboxylic acids is 2. The van der Waals surface area contributed by atoms with Gasteiger partial charge in [-0.15, -0.1) is 0 Å². The lowest BCUT2D eigenvalue weighted by atomic mass is 9.65. The second-order valence-corrected chi connectivity index (χ2v) is 7.32. The van der Waals surface area contributed by atoms with Crippen LogP contribution in [0.5, 0.6) is 0 Å². The van der Waals surface area contributed by atoms with Gasteiger partial charge in [-0.1, -0.05) is 67.8 Å². The molecule has 1 saturated carbocycles. The SMILES string of the molecule is NC(=O)Cc1ccc(C2(c3ccc(CC(N)=O)cc3)CCCCC2)cc1. The maximum absolute atomic E-state index is 11.1. The van der Waals surface area contributed by atoms with Crippen LogP contribution in [0.2, 0.25) is 0 Å². The third-order valence-corrected chi connectivity index (χ3v) is 5.48. The first kappa shape index (κ1) is 18.2. The summed E-state index contributed by atoms with van der Waals surface area (Å²) in [5.74, 6) is -0.620. The molecule has 2 aromatic rings. The molecule has 1 aliphatic rings. The van der Waals surface area contributed by atoms with E-state index < -0.39 is 0 Å². The molecule has 0 bridgehead atoms. The van der Waals surface area contributed by atoms with E-state index in [2.05, 4.69) is 24.3 Å². The molecule has 0 radical (unpaired) electrons. The van der Waals surface area contributed by atoms with Crippen LogP contribution in [-0.2, 0) is 27.8 Å². The molecule has 0 spiro atoms. The Bertz CT molecular complexity index is 711. The monoisotopic (exact) mass is 350 g/mol. The molecule has 1 aliphatic carbocycles. The minimum Gasteiger partial charge on any atom is -0.369 e. The average Bonchev–Trinajstić information content (AvgIpc) is 2.62. The van der Waals surface area contributed by atoms with E-state index in [1.165, 1.54) is 30.4 Å². The second-order valence-electron chi connectivity index (χ2n) is 7.32. The second kappa shape index (κ2) is 7.73. The van der Waals surface area contributed by atoms with Crippen molar-refractivity contribution in [1.29, 1.82) is 0 Å². The maximum Gasteiger partial charge on any atom is 0.221 e. The van der Waals surface area contributed by atoms with E-state index in [0.29, 0.717) is 0 Å². The first-order chi connectivity index (χ1) is 12.5. The number of hydrogen-bond donors (Lipinski definition) is 2. The maximum atomic E-state index is 11.1. The highest BCUT2D eigenvalue weighted by Gasteiger charge is 2.35.